The van der Waals surface area contributed by atoms with Crippen molar-refractivity contribution in [3.63, 3.8) is 0 Å². The van der Waals surface area contributed by atoms with E-state index < -0.39 is 35.5 Å². The van der Waals surface area contributed by atoms with Crippen molar-refractivity contribution in [3.05, 3.63) is 70.8 Å². The molecule has 6 nitrogen and oxygen atoms in total. The van der Waals surface area contributed by atoms with Crippen molar-refractivity contribution in [2.75, 3.05) is 13.6 Å². The van der Waals surface area contributed by atoms with Gasteiger partial charge in [-0.2, -0.15) is 0 Å². The second-order valence-corrected chi connectivity index (χ2v) is 7.39. The summed E-state index contributed by atoms with van der Waals surface area (Å²) in [5, 5.41) is 5.22. The van der Waals surface area contributed by atoms with E-state index in [1.165, 1.54) is 6.92 Å². The topological polar surface area (TPSA) is 78.5 Å². The van der Waals surface area contributed by atoms with E-state index in [0.29, 0.717) is 13.0 Å². The van der Waals surface area contributed by atoms with Crippen molar-refractivity contribution in [2.24, 2.45) is 0 Å². The Kier molecular flexibility index (Phi) is 6.44. The molecule has 0 radical (unpaired) electrons. The third-order valence-electron chi connectivity index (χ3n) is 5.05. The number of carbonyl (C=O) groups is 3. The lowest BCUT2D eigenvalue weighted by Crippen LogP contribution is -2.49. The number of hydrogen-bond acceptors (Lipinski definition) is 3. The van der Waals surface area contributed by atoms with Gasteiger partial charge in [-0.15, -0.1) is 0 Å². The molecule has 0 saturated heterocycles. The number of rotatable bonds is 5. The Morgan fingerprint density at radius 3 is 2.53 bits per heavy atom. The number of carbonyl (C=O) groups excluding carboxylic acids is 3. The second kappa shape index (κ2) is 9.02. The van der Waals surface area contributed by atoms with Gasteiger partial charge in [0.1, 0.15) is 23.7 Å². The molecule has 2 N–H and O–H groups in total. The fourth-order valence-electron chi connectivity index (χ4n) is 3.46. The van der Waals surface area contributed by atoms with Crippen molar-refractivity contribution < 1.29 is 23.2 Å². The van der Waals surface area contributed by atoms with Gasteiger partial charge >= 0.3 is 0 Å². The summed E-state index contributed by atoms with van der Waals surface area (Å²) in [5.41, 5.74) is 1.87. The van der Waals surface area contributed by atoms with Crippen molar-refractivity contribution in [3.8, 4) is 0 Å². The molecule has 0 bridgehead atoms. The van der Waals surface area contributed by atoms with E-state index >= 15 is 0 Å². The van der Waals surface area contributed by atoms with Gasteiger partial charge in [0, 0.05) is 19.7 Å². The monoisotopic (exact) mass is 415 g/mol. The number of hydrogen-bond donors (Lipinski definition) is 2. The van der Waals surface area contributed by atoms with Crippen molar-refractivity contribution in [1.82, 2.24) is 15.5 Å². The second-order valence-electron chi connectivity index (χ2n) is 7.39. The van der Waals surface area contributed by atoms with Gasteiger partial charge in [-0.25, -0.2) is 8.78 Å². The predicted molar refractivity (Wildman–Crippen MR) is 106 cm³/mol. The molecule has 3 amide bonds. The standard InChI is InChI=1S/C22H23F2N3O3/c1-13(25-19(28)11-14-9-16(23)12-17(24)10-14)21(29)26-20-18-6-4-3-5-15(18)7-8-27(2)22(20)30/h3-6,9-10,12-13,20H,7-8,11H2,1-2H3,(H,25,28)(H,26,29)/t13-,20?/m0/s1. The quantitative estimate of drug-likeness (QED) is 0.783. The highest BCUT2D eigenvalue weighted by atomic mass is 19.1. The summed E-state index contributed by atoms with van der Waals surface area (Å²) >= 11 is 0. The van der Waals surface area contributed by atoms with E-state index in [0.717, 1.165) is 29.3 Å². The lowest BCUT2D eigenvalue weighted by molar-refractivity contribution is -0.136. The molecule has 30 heavy (non-hydrogen) atoms. The molecular weight excluding hydrogens is 392 g/mol. The molecule has 0 aliphatic carbocycles. The number of nitrogens with zero attached hydrogens (tertiary/aromatic N) is 1. The number of likely N-dealkylation sites (N-methyl/N-ethyl adjacent to an activating group) is 1. The van der Waals surface area contributed by atoms with Crippen LogP contribution in [0, 0.1) is 11.6 Å². The number of nitrogens with one attached hydrogen (secondary N) is 2. The van der Waals surface area contributed by atoms with Gasteiger partial charge in [-0.05, 0) is 42.2 Å². The summed E-state index contributed by atoms with van der Waals surface area (Å²) in [4.78, 5) is 39.2. The van der Waals surface area contributed by atoms with Gasteiger partial charge in [-0.1, -0.05) is 24.3 Å². The van der Waals surface area contributed by atoms with Gasteiger partial charge in [0.05, 0.1) is 6.42 Å². The Bertz CT molecular complexity index is 960. The van der Waals surface area contributed by atoms with Crippen LogP contribution >= 0.6 is 0 Å². The lowest BCUT2D eigenvalue weighted by Gasteiger charge is -2.24. The zero-order valence-corrected chi connectivity index (χ0v) is 16.7. The van der Waals surface area contributed by atoms with Crippen LogP contribution in [0.1, 0.15) is 29.7 Å². The first-order valence-corrected chi connectivity index (χ1v) is 9.62. The van der Waals surface area contributed by atoms with Crippen LogP contribution < -0.4 is 10.6 Å². The summed E-state index contributed by atoms with van der Waals surface area (Å²) in [7, 11) is 1.68. The molecule has 1 aliphatic rings. The first kappa shape index (κ1) is 21.4. The number of benzene rings is 2. The largest absolute Gasteiger partial charge is 0.344 e. The summed E-state index contributed by atoms with van der Waals surface area (Å²) in [6, 6.07) is 8.46. The van der Waals surface area contributed by atoms with Gasteiger partial charge in [0.2, 0.25) is 17.7 Å². The Morgan fingerprint density at radius 2 is 1.83 bits per heavy atom. The first-order valence-electron chi connectivity index (χ1n) is 9.62. The molecule has 1 aliphatic heterocycles. The Balaban J connectivity index is 1.67. The molecule has 2 aromatic carbocycles. The fourth-order valence-corrected chi connectivity index (χ4v) is 3.46. The van der Waals surface area contributed by atoms with Crippen LogP contribution in [0.15, 0.2) is 42.5 Å². The zero-order chi connectivity index (χ0) is 21.8. The molecule has 0 aromatic heterocycles. The summed E-state index contributed by atoms with van der Waals surface area (Å²) < 4.78 is 26.6. The average Bonchev–Trinajstić information content (AvgIpc) is 2.79. The van der Waals surface area contributed by atoms with Crippen LogP contribution in [-0.2, 0) is 27.2 Å². The maximum absolute atomic E-state index is 13.3. The summed E-state index contributed by atoms with van der Waals surface area (Å²) in [5.74, 6) is -2.89. The van der Waals surface area contributed by atoms with Crippen LogP contribution in [0.2, 0.25) is 0 Å². The van der Waals surface area contributed by atoms with E-state index in [9.17, 15) is 23.2 Å². The van der Waals surface area contributed by atoms with Crippen LogP contribution in [0.25, 0.3) is 0 Å². The predicted octanol–water partition coefficient (Wildman–Crippen LogP) is 1.88. The fraction of sp³-hybridized carbons (Fsp3) is 0.318. The van der Waals surface area contributed by atoms with E-state index in [1.807, 2.05) is 12.1 Å². The Labute approximate surface area is 173 Å². The first-order chi connectivity index (χ1) is 14.2. The van der Waals surface area contributed by atoms with Crippen LogP contribution in [0.3, 0.4) is 0 Å². The molecule has 8 heteroatoms. The van der Waals surface area contributed by atoms with Crippen LogP contribution in [0.4, 0.5) is 8.78 Å². The minimum absolute atomic E-state index is 0.159. The minimum atomic E-state index is -0.940. The highest BCUT2D eigenvalue weighted by Gasteiger charge is 2.31. The van der Waals surface area contributed by atoms with Crippen molar-refractivity contribution in [2.45, 2.75) is 31.8 Å². The third kappa shape index (κ3) is 5.00. The molecule has 0 spiro atoms. The third-order valence-corrected chi connectivity index (χ3v) is 5.05. The van der Waals surface area contributed by atoms with E-state index in [4.69, 9.17) is 0 Å². The van der Waals surface area contributed by atoms with E-state index in [1.54, 1.807) is 24.1 Å². The molecule has 3 rings (SSSR count). The summed E-state index contributed by atoms with van der Waals surface area (Å²) in [6.45, 7) is 2.02. The molecule has 158 valence electrons. The highest BCUT2D eigenvalue weighted by molar-refractivity contribution is 5.93. The van der Waals surface area contributed by atoms with Crippen molar-refractivity contribution >= 4 is 17.7 Å². The maximum atomic E-state index is 13.3. The molecule has 2 aromatic rings. The smallest absolute Gasteiger partial charge is 0.249 e. The van der Waals surface area contributed by atoms with Gasteiger partial charge in [-0.3, -0.25) is 14.4 Å². The molecule has 2 atom stereocenters. The highest BCUT2D eigenvalue weighted by Crippen LogP contribution is 2.24. The minimum Gasteiger partial charge on any atom is -0.344 e. The molecule has 0 saturated carbocycles. The molecule has 0 fully saturated rings. The summed E-state index contributed by atoms with van der Waals surface area (Å²) in [6.07, 6.45) is 0.404. The Hall–Kier alpha value is -3.29. The van der Waals surface area contributed by atoms with Crippen LogP contribution in [-0.4, -0.2) is 42.3 Å². The van der Waals surface area contributed by atoms with Gasteiger partial charge in [0.15, 0.2) is 0 Å². The lowest BCUT2D eigenvalue weighted by atomic mass is 9.99. The number of fused-ring (bicyclic) bond motifs is 1. The molecule has 1 heterocycles. The molecular formula is C22H23F2N3O3. The van der Waals surface area contributed by atoms with E-state index in [2.05, 4.69) is 10.6 Å². The number of halogens is 2. The SMILES string of the molecule is C[C@H](NC(=O)Cc1cc(F)cc(F)c1)C(=O)NC1C(=O)N(C)CCc2ccccc21. The number of amides is 3. The molecule has 1 unspecified atom stereocenters. The van der Waals surface area contributed by atoms with Crippen LogP contribution in [0.5, 0.6) is 0 Å². The normalized spacial score (nSPS) is 17.0. The van der Waals surface area contributed by atoms with Gasteiger partial charge in [0.25, 0.3) is 0 Å². The van der Waals surface area contributed by atoms with Gasteiger partial charge < -0.3 is 15.5 Å². The average molecular weight is 415 g/mol. The van der Waals surface area contributed by atoms with E-state index in [-0.39, 0.29) is 17.9 Å². The zero-order valence-electron chi connectivity index (χ0n) is 16.7. The van der Waals surface area contributed by atoms with Crippen molar-refractivity contribution in [1.29, 1.82) is 0 Å². The maximum Gasteiger partial charge on any atom is 0.249 e. The Morgan fingerprint density at radius 1 is 1.17 bits per heavy atom.